The molecule has 17 heavy (non-hydrogen) atoms. The molecular weight excluding hydrogens is 214 g/mol. The van der Waals surface area contributed by atoms with E-state index < -0.39 is 5.60 Å². The standard InChI is InChI=1S/C14H23NO2/c1-17-12-14(16,9-5-11-15)10-8-13-6-3-2-4-7-13/h2-4,6-7,16H,5,8-12,15H2,1H3. The highest BCUT2D eigenvalue weighted by Gasteiger charge is 2.25. The number of aryl methyl sites for hydroxylation is 1. The molecule has 0 radical (unpaired) electrons. The van der Waals surface area contributed by atoms with Crippen molar-refractivity contribution in [1.82, 2.24) is 0 Å². The fourth-order valence-corrected chi connectivity index (χ4v) is 1.99. The Morgan fingerprint density at radius 1 is 1.24 bits per heavy atom. The summed E-state index contributed by atoms with van der Waals surface area (Å²) in [6.45, 7) is 0.983. The van der Waals surface area contributed by atoms with Crippen LogP contribution in [0.1, 0.15) is 24.8 Å². The van der Waals surface area contributed by atoms with Crippen LogP contribution >= 0.6 is 0 Å². The second-order valence-corrected chi connectivity index (χ2v) is 4.54. The van der Waals surface area contributed by atoms with Crippen LogP contribution in [0.2, 0.25) is 0 Å². The number of hydrogen-bond donors (Lipinski definition) is 2. The molecule has 0 heterocycles. The van der Waals surface area contributed by atoms with Crippen molar-refractivity contribution in [2.75, 3.05) is 20.3 Å². The normalized spacial score (nSPS) is 14.5. The third kappa shape index (κ3) is 5.31. The van der Waals surface area contributed by atoms with Gasteiger partial charge in [0.2, 0.25) is 0 Å². The van der Waals surface area contributed by atoms with Gasteiger partial charge >= 0.3 is 0 Å². The quantitative estimate of drug-likeness (QED) is 0.724. The Hall–Kier alpha value is -0.900. The van der Waals surface area contributed by atoms with E-state index in [-0.39, 0.29) is 0 Å². The third-order valence-corrected chi connectivity index (χ3v) is 2.98. The smallest absolute Gasteiger partial charge is 0.0883 e. The summed E-state index contributed by atoms with van der Waals surface area (Å²) in [6.07, 6.45) is 3.11. The zero-order valence-corrected chi connectivity index (χ0v) is 10.6. The molecule has 0 amide bonds. The first-order chi connectivity index (χ1) is 8.20. The maximum absolute atomic E-state index is 10.4. The molecule has 0 aromatic heterocycles. The molecule has 96 valence electrons. The molecule has 1 atom stereocenters. The van der Waals surface area contributed by atoms with Gasteiger partial charge in [-0.1, -0.05) is 30.3 Å². The van der Waals surface area contributed by atoms with Gasteiger partial charge < -0.3 is 15.6 Å². The van der Waals surface area contributed by atoms with Gasteiger partial charge in [0.05, 0.1) is 12.2 Å². The van der Waals surface area contributed by atoms with Crippen LogP contribution in [0.3, 0.4) is 0 Å². The maximum Gasteiger partial charge on any atom is 0.0883 e. The minimum absolute atomic E-state index is 0.375. The lowest BCUT2D eigenvalue weighted by Crippen LogP contribution is -2.35. The molecule has 1 unspecified atom stereocenters. The molecule has 0 aliphatic carbocycles. The maximum atomic E-state index is 10.4. The number of nitrogens with two attached hydrogens (primary N) is 1. The van der Waals surface area contributed by atoms with E-state index in [4.69, 9.17) is 10.5 Å². The Morgan fingerprint density at radius 3 is 2.53 bits per heavy atom. The number of ether oxygens (including phenoxy) is 1. The van der Waals surface area contributed by atoms with Gasteiger partial charge in [0, 0.05) is 7.11 Å². The van der Waals surface area contributed by atoms with Gasteiger partial charge in [-0.15, -0.1) is 0 Å². The second kappa shape index (κ2) is 7.43. The van der Waals surface area contributed by atoms with Gasteiger partial charge in [-0.25, -0.2) is 0 Å². The predicted octanol–water partition coefficient (Wildman–Crippen LogP) is 1.74. The Balaban J connectivity index is 2.48. The molecule has 3 heteroatoms. The molecule has 0 spiro atoms. The Labute approximate surface area is 104 Å². The molecule has 0 bridgehead atoms. The number of rotatable bonds is 8. The van der Waals surface area contributed by atoms with Crippen molar-refractivity contribution in [3.05, 3.63) is 35.9 Å². The van der Waals surface area contributed by atoms with E-state index >= 15 is 0 Å². The van der Waals surface area contributed by atoms with Gasteiger partial charge in [0.15, 0.2) is 0 Å². The van der Waals surface area contributed by atoms with Crippen molar-refractivity contribution in [1.29, 1.82) is 0 Å². The minimum atomic E-state index is -0.746. The number of hydrogen-bond acceptors (Lipinski definition) is 3. The lowest BCUT2D eigenvalue weighted by atomic mass is 9.91. The highest BCUT2D eigenvalue weighted by molar-refractivity contribution is 5.15. The first-order valence-corrected chi connectivity index (χ1v) is 6.15. The Kier molecular flexibility index (Phi) is 6.19. The van der Waals surface area contributed by atoms with E-state index in [1.165, 1.54) is 5.56 Å². The summed E-state index contributed by atoms with van der Waals surface area (Å²) in [5, 5.41) is 10.4. The van der Waals surface area contributed by atoms with Gasteiger partial charge in [-0.05, 0) is 37.8 Å². The van der Waals surface area contributed by atoms with Crippen LogP contribution in [0, 0.1) is 0 Å². The van der Waals surface area contributed by atoms with Crippen LogP contribution in [-0.4, -0.2) is 31.0 Å². The van der Waals surface area contributed by atoms with Crippen molar-refractivity contribution < 1.29 is 9.84 Å². The number of aliphatic hydroxyl groups is 1. The van der Waals surface area contributed by atoms with Gasteiger partial charge in [0.25, 0.3) is 0 Å². The Morgan fingerprint density at radius 2 is 1.94 bits per heavy atom. The molecule has 0 saturated heterocycles. The van der Waals surface area contributed by atoms with Gasteiger partial charge in [-0.3, -0.25) is 0 Å². The fourth-order valence-electron chi connectivity index (χ4n) is 1.99. The summed E-state index contributed by atoms with van der Waals surface area (Å²) >= 11 is 0. The summed E-state index contributed by atoms with van der Waals surface area (Å²) in [5.41, 5.74) is 5.99. The molecule has 0 fully saturated rings. The zero-order valence-electron chi connectivity index (χ0n) is 10.6. The molecule has 1 aromatic carbocycles. The fraction of sp³-hybridized carbons (Fsp3) is 0.571. The van der Waals surface area contributed by atoms with Crippen LogP contribution in [0.4, 0.5) is 0 Å². The van der Waals surface area contributed by atoms with Crippen molar-refractivity contribution in [2.45, 2.75) is 31.3 Å². The molecular formula is C14H23NO2. The molecule has 1 aromatic rings. The van der Waals surface area contributed by atoms with Crippen LogP contribution in [-0.2, 0) is 11.2 Å². The van der Waals surface area contributed by atoms with E-state index in [1.807, 2.05) is 18.2 Å². The predicted molar refractivity (Wildman–Crippen MR) is 69.9 cm³/mol. The third-order valence-electron chi connectivity index (χ3n) is 2.98. The van der Waals surface area contributed by atoms with E-state index in [0.717, 1.165) is 12.8 Å². The summed E-state index contributed by atoms with van der Waals surface area (Å²) in [7, 11) is 1.62. The SMILES string of the molecule is COCC(O)(CCCN)CCc1ccccc1. The second-order valence-electron chi connectivity index (χ2n) is 4.54. The summed E-state index contributed by atoms with van der Waals surface area (Å²) < 4.78 is 5.10. The first kappa shape index (κ1) is 14.2. The summed E-state index contributed by atoms with van der Waals surface area (Å²) in [4.78, 5) is 0. The molecule has 1 rings (SSSR count). The van der Waals surface area contributed by atoms with Crippen molar-refractivity contribution in [3.8, 4) is 0 Å². The number of benzene rings is 1. The van der Waals surface area contributed by atoms with Gasteiger partial charge in [0.1, 0.15) is 0 Å². The van der Waals surface area contributed by atoms with Gasteiger partial charge in [-0.2, -0.15) is 0 Å². The van der Waals surface area contributed by atoms with E-state index in [0.29, 0.717) is 26.0 Å². The minimum Gasteiger partial charge on any atom is -0.387 e. The van der Waals surface area contributed by atoms with Crippen LogP contribution in [0.5, 0.6) is 0 Å². The molecule has 0 saturated carbocycles. The molecule has 3 nitrogen and oxygen atoms in total. The largest absolute Gasteiger partial charge is 0.387 e. The highest BCUT2D eigenvalue weighted by atomic mass is 16.5. The zero-order chi connectivity index (χ0) is 12.6. The lowest BCUT2D eigenvalue weighted by molar-refractivity contribution is -0.0436. The topological polar surface area (TPSA) is 55.5 Å². The molecule has 3 N–H and O–H groups in total. The average molecular weight is 237 g/mol. The Bertz CT molecular complexity index is 302. The van der Waals surface area contributed by atoms with Crippen LogP contribution in [0.25, 0.3) is 0 Å². The molecule has 0 aliphatic heterocycles. The average Bonchev–Trinajstić information content (AvgIpc) is 2.36. The number of methoxy groups -OCH3 is 1. The summed E-state index contributed by atoms with van der Waals surface area (Å²) in [5.74, 6) is 0. The van der Waals surface area contributed by atoms with E-state index in [1.54, 1.807) is 7.11 Å². The lowest BCUT2D eigenvalue weighted by Gasteiger charge is -2.27. The van der Waals surface area contributed by atoms with Crippen molar-refractivity contribution >= 4 is 0 Å². The molecule has 0 aliphatic rings. The van der Waals surface area contributed by atoms with Crippen molar-refractivity contribution in [3.63, 3.8) is 0 Å². The summed E-state index contributed by atoms with van der Waals surface area (Å²) in [6, 6.07) is 10.2. The van der Waals surface area contributed by atoms with E-state index in [9.17, 15) is 5.11 Å². The van der Waals surface area contributed by atoms with Crippen LogP contribution in [0.15, 0.2) is 30.3 Å². The van der Waals surface area contributed by atoms with Crippen molar-refractivity contribution in [2.24, 2.45) is 5.73 Å². The van der Waals surface area contributed by atoms with Crippen LogP contribution < -0.4 is 5.73 Å². The highest BCUT2D eigenvalue weighted by Crippen LogP contribution is 2.20. The van der Waals surface area contributed by atoms with E-state index in [2.05, 4.69) is 12.1 Å². The monoisotopic (exact) mass is 237 g/mol. The first-order valence-electron chi connectivity index (χ1n) is 6.15.